The third-order valence-electron chi connectivity index (χ3n) is 3.03. The van der Waals surface area contributed by atoms with E-state index in [1.165, 1.54) is 0 Å². The predicted octanol–water partition coefficient (Wildman–Crippen LogP) is -0.771. The Balaban J connectivity index is 1.98. The van der Waals surface area contributed by atoms with Gasteiger partial charge in [-0.3, -0.25) is 0 Å². The lowest BCUT2D eigenvalue weighted by Crippen LogP contribution is -2.26. The number of nitrogen functional groups attached to an aromatic ring is 2. The highest BCUT2D eigenvalue weighted by Gasteiger charge is 2.24. The minimum atomic E-state index is 0.216. The van der Waals surface area contributed by atoms with E-state index in [-0.39, 0.29) is 5.95 Å². The van der Waals surface area contributed by atoms with Crippen molar-refractivity contribution in [3.05, 3.63) is 0 Å². The second-order valence-electron chi connectivity index (χ2n) is 4.24. The molecule has 0 aromatic carbocycles. The van der Waals surface area contributed by atoms with Crippen molar-refractivity contribution in [1.29, 1.82) is 0 Å². The van der Waals surface area contributed by atoms with E-state index in [2.05, 4.69) is 9.97 Å². The van der Waals surface area contributed by atoms with Gasteiger partial charge in [0.25, 0.3) is 0 Å². The lowest BCUT2D eigenvalue weighted by molar-refractivity contribution is 0.200. The van der Waals surface area contributed by atoms with Crippen LogP contribution >= 0.6 is 0 Å². The lowest BCUT2D eigenvalue weighted by atomic mass is 10.3. The maximum absolute atomic E-state index is 6.14. The summed E-state index contributed by atoms with van der Waals surface area (Å²) in [6, 6.07) is 0. The quantitative estimate of drug-likeness (QED) is 0.707. The van der Waals surface area contributed by atoms with E-state index in [0.717, 1.165) is 13.1 Å². The van der Waals surface area contributed by atoms with Crippen molar-refractivity contribution in [3.8, 4) is 0 Å². The number of rotatable bonds is 2. The summed E-state index contributed by atoms with van der Waals surface area (Å²) in [4.78, 5) is 12.3. The van der Waals surface area contributed by atoms with Crippen molar-refractivity contribution in [1.82, 2.24) is 9.97 Å². The first-order valence-corrected chi connectivity index (χ1v) is 5.84. The van der Waals surface area contributed by atoms with Gasteiger partial charge < -0.3 is 30.7 Å². The van der Waals surface area contributed by atoms with Crippen molar-refractivity contribution in [3.63, 3.8) is 0 Å². The summed E-state index contributed by atoms with van der Waals surface area (Å²) in [5.74, 6) is 1.50. The molecule has 18 heavy (non-hydrogen) atoms. The van der Waals surface area contributed by atoms with Gasteiger partial charge in [0.05, 0.1) is 13.2 Å². The topological polar surface area (TPSA) is 103 Å². The van der Waals surface area contributed by atoms with Crippen LogP contribution in [0, 0.1) is 0 Å². The zero-order valence-electron chi connectivity index (χ0n) is 10.0. The number of aromatic nitrogens is 2. The molecule has 2 saturated heterocycles. The first-order valence-electron chi connectivity index (χ1n) is 5.84. The number of nitrogens with two attached hydrogens (primary N) is 2. The van der Waals surface area contributed by atoms with Gasteiger partial charge in [-0.2, -0.15) is 9.97 Å². The molecule has 3 rings (SSSR count). The number of hydrogen-bond donors (Lipinski definition) is 2. The van der Waals surface area contributed by atoms with Gasteiger partial charge in [0.1, 0.15) is 19.1 Å². The first kappa shape index (κ1) is 11.3. The highest BCUT2D eigenvalue weighted by molar-refractivity contribution is 5.77. The monoisotopic (exact) mass is 252 g/mol. The van der Waals surface area contributed by atoms with Crippen molar-refractivity contribution >= 4 is 23.3 Å². The fourth-order valence-corrected chi connectivity index (χ4v) is 2.11. The van der Waals surface area contributed by atoms with E-state index in [0.29, 0.717) is 44.0 Å². The fourth-order valence-electron chi connectivity index (χ4n) is 2.11. The molecule has 0 amide bonds. The smallest absolute Gasteiger partial charge is 0.224 e. The average Bonchev–Trinajstić information content (AvgIpc) is 3.02. The SMILES string of the molecule is Nc1nc(N2CCOC2)c(N)c(N2CCOC2)n1. The van der Waals surface area contributed by atoms with E-state index in [1.807, 2.05) is 9.80 Å². The van der Waals surface area contributed by atoms with Crippen LogP contribution in [0.25, 0.3) is 0 Å². The molecule has 4 N–H and O–H groups in total. The summed E-state index contributed by atoms with van der Waals surface area (Å²) in [7, 11) is 0. The Morgan fingerprint density at radius 3 is 1.78 bits per heavy atom. The zero-order chi connectivity index (χ0) is 12.5. The fraction of sp³-hybridized carbons (Fsp3) is 0.600. The van der Waals surface area contributed by atoms with Gasteiger partial charge in [0.15, 0.2) is 11.6 Å². The van der Waals surface area contributed by atoms with Crippen LogP contribution in [0.4, 0.5) is 23.3 Å². The molecule has 8 nitrogen and oxygen atoms in total. The van der Waals surface area contributed by atoms with E-state index < -0.39 is 0 Å². The van der Waals surface area contributed by atoms with Crippen LogP contribution in [0.15, 0.2) is 0 Å². The average molecular weight is 252 g/mol. The summed E-state index contributed by atoms with van der Waals surface area (Å²) in [6.45, 7) is 3.83. The van der Waals surface area contributed by atoms with Crippen LogP contribution in [0.2, 0.25) is 0 Å². The molecule has 3 heterocycles. The lowest BCUT2D eigenvalue weighted by Gasteiger charge is -2.22. The largest absolute Gasteiger partial charge is 0.393 e. The number of hydrogen-bond acceptors (Lipinski definition) is 8. The second kappa shape index (κ2) is 4.46. The van der Waals surface area contributed by atoms with E-state index in [1.54, 1.807) is 0 Å². The maximum atomic E-state index is 6.14. The van der Waals surface area contributed by atoms with Gasteiger partial charge in [-0.25, -0.2) is 0 Å². The van der Waals surface area contributed by atoms with Gasteiger partial charge in [0, 0.05) is 13.1 Å². The molecule has 8 heteroatoms. The van der Waals surface area contributed by atoms with Crippen molar-refractivity contribution in [2.45, 2.75) is 0 Å². The van der Waals surface area contributed by atoms with Crippen LogP contribution in [0.3, 0.4) is 0 Å². The predicted molar refractivity (Wildman–Crippen MR) is 67.2 cm³/mol. The summed E-state index contributed by atoms with van der Waals surface area (Å²) in [5.41, 5.74) is 12.4. The summed E-state index contributed by atoms with van der Waals surface area (Å²) in [5, 5.41) is 0. The summed E-state index contributed by atoms with van der Waals surface area (Å²) >= 11 is 0. The molecule has 1 aromatic rings. The molecule has 0 aliphatic carbocycles. The van der Waals surface area contributed by atoms with Gasteiger partial charge >= 0.3 is 0 Å². The number of anilines is 4. The van der Waals surface area contributed by atoms with Crippen molar-refractivity contribution < 1.29 is 9.47 Å². The Labute approximate surface area is 104 Å². The molecule has 0 spiro atoms. The Morgan fingerprint density at radius 1 is 0.889 bits per heavy atom. The summed E-state index contributed by atoms with van der Waals surface area (Å²) < 4.78 is 10.6. The maximum Gasteiger partial charge on any atom is 0.224 e. The number of ether oxygens (including phenoxy) is 2. The third kappa shape index (κ3) is 1.89. The van der Waals surface area contributed by atoms with E-state index in [4.69, 9.17) is 20.9 Å². The molecule has 2 aliphatic rings. The van der Waals surface area contributed by atoms with Crippen molar-refractivity contribution in [2.24, 2.45) is 0 Å². The highest BCUT2D eigenvalue weighted by Crippen LogP contribution is 2.32. The van der Waals surface area contributed by atoms with Gasteiger partial charge in [0.2, 0.25) is 5.95 Å². The molecule has 0 atom stereocenters. The Kier molecular flexibility index (Phi) is 2.80. The molecular weight excluding hydrogens is 236 g/mol. The van der Waals surface area contributed by atoms with Gasteiger partial charge in [-0.1, -0.05) is 0 Å². The number of nitrogens with zero attached hydrogens (tertiary/aromatic N) is 4. The third-order valence-corrected chi connectivity index (χ3v) is 3.03. The Bertz CT molecular complexity index is 405. The van der Waals surface area contributed by atoms with Crippen LogP contribution < -0.4 is 21.3 Å². The molecule has 0 unspecified atom stereocenters. The van der Waals surface area contributed by atoms with E-state index >= 15 is 0 Å². The molecule has 2 aliphatic heterocycles. The van der Waals surface area contributed by atoms with Crippen LogP contribution in [0.5, 0.6) is 0 Å². The molecular formula is C10H16N6O2. The Hall–Kier alpha value is -1.80. The molecule has 2 fully saturated rings. The van der Waals surface area contributed by atoms with Crippen LogP contribution in [-0.4, -0.2) is 49.7 Å². The zero-order valence-corrected chi connectivity index (χ0v) is 10.0. The normalized spacial score (nSPS) is 19.8. The van der Waals surface area contributed by atoms with Crippen molar-refractivity contribution in [2.75, 3.05) is 61.0 Å². The highest BCUT2D eigenvalue weighted by atomic mass is 16.5. The molecule has 0 radical (unpaired) electrons. The molecule has 98 valence electrons. The van der Waals surface area contributed by atoms with Gasteiger partial charge in [-0.15, -0.1) is 0 Å². The first-order chi connectivity index (χ1) is 8.75. The minimum absolute atomic E-state index is 0.216. The molecule has 0 bridgehead atoms. The standard InChI is InChI=1S/C10H16N6O2/c11-7-8(15-1-3-17-5-15)13-10(12)14-9(7)16-2-4-18-6-16/h1-6,11H2,(H2,12,13,14). The van der Waals surface area contributed by atoms with E-state index in [9.17, 15) is 0 Å². The van der Waals surface area contributed by atoms with Crippen LogP contribution in [-0.2, 0) is 9.47 Å². The molecule has 0 saturated carbocycles. The minimum Gasteiger partial charge on any atom is -0.393 e. The van der Waals surface area contributed by atoms with Gasteiger partial charge in [-0.05, 0) is 0 Å². The summed E-state index contributed by atoms with van der Waals surface area (Å²) in [6.07, 6.45) is 0. The van der Waals surface area contributed by atoms with Crippen LogP contribution in [0.1, 0.15) is 0 Å². The second-order valence-corrected chi connectivity index (χ2v) is 4.24. The molecule has 1 aromatic heterocycles. The Morgan fingerprint density at radius 2 is 1.39 bits per heavy atom.